The van der Waals surface area contributed by atoms with Crippen molar-refractivity contribution in [2.75, 3.05) is 0 Å². The van der Waals surface area contributed by atoms with Gasteiger partial charge in [-0.15, -0.1) is 0 Å². The number of rotatable bonds is 5. The first-order chi connectivity index (χ1) is 25.3. The zero-order valence-electron chi connectivity index (χ0n) is 27.6. The van der Waals surface area contributed by atoms with E-state index in [-0.39, 0.29) is 0 Å². The SMILES string of the molecule is c1ccc(-c2cccc(-c3cccc4c3c3cc5ccccc5cc3n4-c3nc(-c4ccc(-c5ccncc5)cc4)c4ccccc4n3)c2)cc1. The zero-order valence-corrected chi connectivity index (χ0v) is 27.6. The molecule has 0 unspecified atom stereocenters. The monoisotopic (exact) mass is 650 g/mol. The first-order valence-electron chi connectivity index (χ1n) is 17.2. The highest BCUT2D eigenvalue weighted by molar-refractivity contribution is 6.18. The van der Waals surface area contributed by atoms with Gasteiger partial charge < -0.3 is 0 Å². The summed E-state index contributed by atoms with van der Waals surface area (Å²) in [4.78, 5) is 14.8. The molecule has 0 spiro atoms. The summed E-state index contributed by atoms with van der Waals surface area (Å²) in [6.45, 7) is 0. The molecule has 0 aliphatic heterocycles. The van der Waals surface area contributed by atoms with Crippen LogP contribution in [0.5, 0.6) is 0 Å². The summed E-state index contributed by atoms with van der Waals surface area (Å²) in [6.07, 6.45) is 3.65. The van der Waals surface area contributed by atoms with Crippen LogP contribution in [0, 0.1) is 0 Å². The van der Waals surface area contributed by atoms with Gasteiger partial charge in [-0.1, -0.05) is 127 Å². The highest BCUT2D eigenvalue weighted by Crippen LogP contribution is 2.41. The third-order valence-electron chi connectivity index (χ3n) is 9.90. The summed E-state index contributed by atoms with van der Waals surface area (Å²) < 4.78 is 2.25. The minimum absolute atomic E-state index is 0.646. The van der Waals surface area contributed by atoms with Crippen LogP contribution >= 0.6 is 0 Å². The topological polar surface area (TPSA) is 43.6 Å². The minimum atomic E-state index is 0.646. The first kappa shape index (κ1) is 29.0. The van der Waals surface area contributed by atoms with Crippen LogP contribution < -0.4 is 0 Å². The van der Waals surface area contributed by atoms with Crippen molar-refractivity contribution in [1.82, 2.24) is 19.5 Å². The molecule has 3 heterocycles. The van der Waals surface area contributed by atoms with Gasteiger partial charge in [-0.25, -0.2) is 9.97 Å². The molecule has 0 radical (unpaired) electrons. The first-order valence-corrected chi connectivity index (χ1v) is 17.2. The molecule has 3 aromatic heterocycles. The molecule has 0 atom stereocenters. The highest BCUT2D eigenvalue weighted by atomic mass is 15.2. The maximum Gasteiger partial charge on any atom is 0.235 e. The number of benzene rings is 7. The lowest BCUT2D eigenvalue weighted by Gasteiger charge is -2.13. The lowest BCUT2D eigenvalue weighted by Crippen LogP contribution is -2.03. The third-order valence-corrected chi connectivity index (χ3v) is 9.90. The van der Waals surface area contributed by atoms with Crippen LogP contribution in [-0.4, -0.2) is 19.5 Å². The number of hydrogen-bond acceptors (Lipinski definition) is 3. The maximum absolute atomic E-state index is 5.39. The molecule has 0 aliphatic carbocycles. The molecule has 238 valence electrons. The van der Waals surface area contributed by atoms with Crippen LogP contribution in [0.15, 0.2) is 182 Å². The van der Waals surface area contributed by atoms with Gasteiger partial charge in [0.05, 0.1) is 22.2 Å². The Labute approximate surface area is 295 Å². The fraction of sp³-hybridized carbons (Fsp3) is 0. The summed E-state index contributed by atoms with van der Waals surface area (Å²) in [7, 11) is 0. The molecule has 7 aromatic carbocycles. The van der Waals surface area contributed by atoms with Crippen molar-refractivity contribution < 1.29 is 0 Å². The van der Waals surface area contributed by atoms with Crippen molar-refractivity contribution in [3.05, 3.63) is 182 Å². The predicted octanol–water partition coefficient (Wildman–Crippen LogP) is 11.9. The van der Waals surface area contributed by atoms with E-state index in [1.54, 1.807) is 0 Å². The summed E-state index contributed by atoms with van der Waals surface area (Å²) in [6, 6.07) is 60.2. The van der Waals surface area contributed by atoms with Crippen LogP contribution in [0.3, 0.4) is 0 Å². The summed E-state index contributed by atoms with van der Waals surface area (Å²) in [5.41, 5.74) is 12.0. The Morgan fingerprint density at radius 3 is 1.88 bits per heavy atom. The molecule has 0 saturated carbocycles. The molecule has 0 fully saturated rings. The van der Waals surface area contributed by atoms with Crippen LogP contribution in [0.25, 0.3) is 94.1 Å². The Morgan fingerprint density at radius 2 is 1.04 bits per heavy atom. The average Bonchev–Trinajstić information content (AvgIpc) is 3.53. The van der Waals surface area contributed by atoms with Crippen molar-refractivity contribution in [2.45, 2.75) is 0 Å². The number of aromatic nitrogens is 4. The largest absolute Gasteiger partial charge is 0.278 e. The summed E-state index contributed by atoms with van der Waals surface area (Å²) >= 11 is 0. The van der Waals surface area contributed by atoms with Crippen molar-refractivity contribution in [2.24, 2.45) is 0 Å². The fourth-order valence-corrected chi connectivity index (χ4v) is 7.46. The smallest absolute Gasteiger partial charge is 0.235 e. The van der Waals surface area contributed by atoms with E-state index in [1.807, 2.05) is 30.6 Å². The van der Waals surface area contributed by atoms with Gasteiger partial charge in [-0.2, -0.15) is 0 Å². The van der Waals surface area contributed by atoms with Crippen molar-refractivity contribution in [3.63, 3.8) is 0 Å². The molecule has 10 rings (SSSR count). The Hall–Kier alpha value is -6.91. The molecule has 0 N–H and O–H groups in total. The standard InChI is InChI=1S/C47H30N4/c1-2-10-31(11-3-1)35-14-8-15-38(28-35)39-17-9-19-43-45(39)41-29-36-12-4-5-13-37(36)30-44(41)51(43)47-49-42-18-7-6-16-40(42)46(50-47)34-22-20-32(21-23-34)33-24-26-48-27-25-33/h1-30H. The van der Waals surface area contributed by atoms with Gasteiger partial charge in [-0.3, -0.25) is 9.55 Å². The predicted molar refractivity (Wildman–Crippen MR) is 211 cm³/mol. The van der Waals surface area contributed by atoms with Gasteiger partial charge in [0, 0.05) is 34.1 Å². The molecule has 0 aliphatic rings. The van der Waals surface area contributed by atoms with E-state index in [1.165, 1.54) is 43.8 Å². The van der Waals surface area contributed by atoms with E-state index in [0.29, 0.717) is 5.95 Å². The van der Waals surface area contributed by atoms with Crippen LogP contribution in [-0.2, 0) is 0 Å². The van der Waals surface area contributed by atoms with Crippen molar-refractivity contribution in [1.29, 1.82) is 0 Å². The van der Waals surface area contributed by atoms with Gasteiger partial charge in [0.2, 0.25) is 5.95 Å². The lowest BCUT2D eigenvalue weighted by atomic mass is 9.95. The number of hydrogen-bond donors (Lipinski definition) is 0. The van der Waals surface area contributed by atoms with Gasteiger partial charge in [0.25, 0.3) is 0 Å². The van der Waals surface area contributed by atoms with Gasteiger partial charge in [0.1, 0.15) is 0 Å². The number of pyridine rings is 1. The van der Waals surface area contributed by atoms with Crippen LogP contribution in [0.4, 0.5) is 0 Å². The normalized spacial score (nSPS) is 11.5. The second-order valence-electron chi connectivity index (χ2n) is 12.9. The third kappa shape index (κ3) is 4.96. The minimum Gasteiger partial charge on any atom is -0.278 e. The molecule has 0 bridgehead atoms. The molecule has 4 nitrogen and oxygen atoms in total. The maximum atomic E-state index is 5.39. The molecule has 4 heteroatoms. The van der Waals surface area contributed by atoms with E-state index in [0.717, 1.165) is 44.3 Å². The van der Waals surface area contributed by atoms with Gasteiger partial charge in [-0.05, 0) is 86.6 Å². The van der Waals surface area contributed by atoms with E-state index in [9.17, 15) is 0 Å². The molecule has 10 aromatic rings. The zero-order chi connectivity index (χ0) is 33.7. The lowest BCUT2D eigenvalue weighted by molar-refractivity contribution is 1.01. The molecule has 51 heavy (non-hydrogen) atoms. The number of para-hydroxylation sites is 1. The van der Waals surface area contributed by atoms with E-state index >= 15 is 0 Å². The highest BCUT2D eigenvalue weighted by Gasteiger charge is 2.20. The van der Waals surface area contributed by atoms with Crippen molar-refractivity contribution >= 4 is 43.5 Å². The Bertz CT molecular complexity index is 2890. The second-order valence-corrected chi connectivity index (χ2v) is 12.9. The molecule has 0 saturated heterocycles. The van der Waals surface area contributed by atoms with Gasteiger partial charge in [0.15, 0.2) is 0 Å². The Morgan fingerprint density at radius 1 is 0.392 bits per heavy atom. The Balaban J connectivity index is 1.23. The quantitative estimate of drug-likeness (QED) is 0.186. The van der Waals surface area contributed by atoms with E-state index < -0.39 is 0 Å². The Kier molecular flexibility index (Phi) is 6.78. The van der Waals surface area contributed by atoms with Crippen LogP contribution in [0.1, 0.15) is 0 Å². The second kappa shape index (κ2) is 11.9. The van der Waals surface area contributed by atoms with Gasteiger partial charge >= 0.3 is 0 Å². The summed E-state index contributed by atoms with van der Waals surface area (Å²) in [5.74, 6) is 0.646. The molecular weight excluding hydrogens is 621 g/mol. The fourth-order valence-electron chi connectivity index (χ4n) is 7.46. The van der Waals surface area contributed by atoms with E-state index in [2.05, 4.69) is 161 Å². The molecular formula is C47H30N4. The summed E-state index contributed by atoms with van der Waals surface area (Å²) in [5, 5.41) is 5.75. The van der Waals surface area contributed by atoms with Crippen molar-refractivity contribution in [3.8, 4) is 50.6 Å². The number of fused-ring (bicyclic) bond motifs is 5. The van der Waals surface area contributed by atoms with E-state index in [4.69, 9.17) is 9.97 Å². The van der Waals surface area contributed by atoms with Crippen LogP contribution in [0.2, 0.25) is 0 Å². The average molecular weight is 651 g/mol. The number of nitrogens with zero attached hydrogens (tertiary/aromatic N) is 4. The molecule has 0 amide bonds.